The molecule has 0 saturated carbocycles. The molecule has 3 heterocycles. The van der Waals surface area contributed by atoms with E-state index in [1.165, 1.54) is 18.0 Å². The summed E-state index contributed by atoms with van der Waals surface area (Å²) >= 11 is 0. The molecule has 0 atom stereocenters. The molecule has 4 rings (SSSR count). The van der Waals surface area contributed by atoms with Crippen molar-refractivity contribution in [1.82, 2.24) is 15.4 Å². The monoisotopic (exact) mass is 428 g/mol. The molecule has 2 aromatic rings. The Kier molecular flexibility index (Phi) is 5.88. The number of hydrogen-bond acceptors (Lipinski definition) is 7. The summed E-state index contributed by atoms with van der Waals surface area (Å²) in [5, 5.41) is 0. The van der Waals surface area contributed by atoms with Crippen LogP contribution < -0.4 is 15.1 Å². The maximum absolute atomic E-state index is 13.8. The molecule has 1 aromatic carbocycles. The van der Waals surface area contributed by atoms with Crippen LogP contribution in [0, 0.1) is 0 Å². The Balaban J connectivity index is 1.58. The number of ether oxygens (including phenoxy) is 1. The Bertz CT molecular complexity index is 989. The standard InChI is InChI=1S/C22H25FN4O4/c1-3-31-25-11-16-8-18(5-4-15(16)12-28)27-6-7-30-19-9-17(10-24-20(19)27)21(29)26-13-22(2,23)14-26/h4-5,8-10,12,25H,3,6-7,11,13-14H2,1-2H3. The molecule has 1 aromatic heterocycles. The van der Waals surface area contributed by atoms with Gasteiger partial charge in [0.15, 0.2) is 11.6 Å². The molecule has 1 amide bonds. The Morgan fingerprint density at radius 3 is 2.90 bits per heavy atom. The Hall–Kier alpha value is -3.04. The van der Waals surface area contributed by atoms with Gasteiger partial charge in [0.25, 0.3) is 5.91 Å². The number of hydrogen-bond donors (Lipinski definition) is 1. The van der Waals surface area contributed by atoms with Gasteiger partial charge < -0.3 is 19.4 Å². The number of anilines is 2. The molecular weight excluding hydrogens is 403 g/mol. The third-order valence-corrected chi connectivity index (χ3v) is 5.31. The molecule has 0 unspecified atom stereocenters. The number of hydroxylamine groups is 1. The zero-order valence-corrected chi connectivity index (χ0v) is 17.6. The van der Waals surface area contributed by atoms with E-state index in [1.807, 2.05) is 24.0 Å². The van der Waals surface area contributed by atoms with Gasteiger partial charge in [0.1, 0.15) is 18.6 Å². The summed E-state index contributed by atoms with van der Waals surface area (Å²) in [6.07, 6.45) is 2.31. The van der Waals surface area contributed by atoms with Crippen LogP contribution in [0.2, 0.25) is 0 Å². The lowest BCUT2D eigenvalue weighted by Gasteiger charge is -2.42. The topological polar surface area (TPSA) is 84.0 Å². The summed E-state index contributed by atoms with van der Waals surface area (Å²) in [6, 6.07) is 7.18. The first-order valence-electron chi connectivity index (χ1n) is 10.2. The van der Waals surface area contributed by atoms with E-state index in [4.69, 9.17) is 9.57 Å². The lowest BCUT2D eigenvalue weighted by atomic mass is 9.98. The smallest absolute Gasteiger partial charge is 0.255 e. The van der Waals surface area contributed by atoms with Gasteiger partial charge in [0.05, 0.1) is 31.8 Å². The fraction of sp³-hybridized carbons (Fsp3) is 0.409. The summed E-state index contributed by atoms with van der Waals surface area (Å²) in [4.78, 5) is 37.1. The highest BCUT2D eigenvalue weighted by atomic mass is 19.1. The fourth-order valence-electron chi connectivity index (χ4n) is 3.80. The van der Waals surface area contributed by atoms with Gasteiger partial charge in [-0.3, -0.25) is 9.59 Å². The molecular formula is C22H25FN4O4. The first-order chi connectivity index (χ1) is 14.9. The van der Waals surface area contributed by atoms with Gasteiger partial charge >= 0.3 is 0 Å². The summed E-state index contributed by atoms with van der Waals surface area (Å²) < 4.78 is 19.5. The van der Waals surface area contributed by atoms with Crippen molar-refractivity contribution in [3.63, 3.8) is 0 Å². The van der Waals surface area contributed by atoms with Crippen LogP contribution in [0.1, 0.15) is 40.1 Å². The van der Waals surface area contributed by atoms with Crippen LogP contribution in [-0.4, -0.2) is 60.6 Å². The molecule has 1 saturated heterocycles. The van der Waals surface area contributed by atoms with Crippen molar-refractivity contribution in [2.45, 2.75) is 26.1 Å². The lowest BCUT2D eigenvalue weighted by molar-refractivity contribution is -0.00790. The summed E-state index contributed by atoms with van der Waals surface area (Å²) in [7, 11) is 0. The predicted octanol–water partition coefficient (Wildman–Crippen LogP) is 2.65. The van der Waals surface area contributed by atoms with Crippen LogP contribution in [0.15, 0.2) is 30.5 Å². The second-order valence-corrected chi connectivity index (χ2v) is 7.88. The zero-order chi connectivity index (χ0) is 22.0. The molecule has 0 spiro atoms. The van der Waals surface area contributed by atoms with Crippen molar-refractivity contribution < 1.29 is 23.6 Å². The van der Waals surface area contributed by atoms with E-state index < -0.39 is 5.67 Å². The van der Waals surface area contributed by atoms with Crippen molar-refractivity contribution in [3.05, 3.63) is 47.2 Å². The molecule has 164 valence electrons. The number of halogens is 1. The maximum Gasteiger partial charge on any atom is 0.255 e. The van der Waals surface area contributed by atoms with Crippen LogP contribution in [-0.2, 0) is 11.4 Å². The minimum atomic E-state index is -1.33. The third kappa shape index (κ3) is 4.38. The van der Waals surface area contributed by atoms with Gasteiger partial charge in [-0.2, -0.15) is 5.48 Å². The van der Waals surface area contributed by atoms with Crippen molar-refractivity contribution in [3.8, 4) is 5.75 Å². The number of benzene rings is 1. The van der Waals surface area contributed by atoms with Crippen molar-refractivity contribution >= 4 is 23.7 Å². The molecule has 0 bridgehead atoms. The summed E-state index contributed by atoms with van der Waals surface area (Å²) in [5.74, 6) is 0.823. The minimum absolute atomic E-state index is 0.0809. The number of likely N-dealkylation sites (tertiary alicyclic amines) is 1. The van der Waals surface area contributed by atoms with E-state index in [-0.39, 0.29) is 19.0 Å². The first kappa shape index (κ1) is 21.2. The number of nitrogens with one attached hydrogen (secondary N) is 1. The van der Waals surface area contributed by atoms with Crippen molar-refractivity contribution in [1.29, 1.82) is 0 Å². The Morgan fingerprint density at radius 1 is 1.39 bits per heavy atom. The molecule has 1 fully saturated rings. The van der Waals surface area contributed by atoms with E-state index in [0.29, 0.717) is 49.0 Å². The van der Waals surface area contributed by atoms with Crippen LogP contribution in [0.4, 0.5) is 15.9 Å². The highest BCUT2D eigenvalue weighted by Crippen LogP contribution is 2.36. The molecule has 1 N–H and O–H groups in total. The van der Waals surface area contributed by atoms with Gasteiger partial charge in [-0.15, -0.1) is 0 Å². The average molecular weight is 428 g/mol. The third-order valence-electron chi connectivity index (χ3n) is 5.31. The number of alkyl halides is 1. The number of carbonyl (C=O) groups excluding carboxylic acids is 2. The van der Waals surface area contributed by atoms with Crippen LogP contribution in [0.25, 0.3) is 0 Å². The van der Waals surface area contributed by atoms with Crippen molar-refractivity contribution in [2.24, 2.45) is 0 Å². The highest BCUT2D eigenvalue weighted by Gasteiger charge is 2.42. The van der Waals surface area contributed by atoms with E-state index in [9.17, 15) is 14.0 Å². The molecule has 31 heavy (non-hydrogen) atoms. The van der Waals surface area contributed by atoms with Crippen LogP contribution >= 0.6 is 0 Å². The molecule has 9 heteroatoms. The maximum atomic E-state index is 13.8. The Morgan fingerprint density at radius 2 is 2.19 bits per heavy atom. The van der Waals surface area contributed by atoms with Gasteiger partial charge in [-0.1, -0.05) is 0 Å². The van der Waals surface area contributed by atoms with E-state index >= 15 is 0 Å². The normalized spacial score (nSPS) is 16.9. The number of aldehydes is 1. The van der Waals surface area contributed by atoms with Gasteiger partial charge in [0, 0.05) is 24.0 Å². The second-order valence-electron chi connectivity index (χ2n) is 7.88. The van der Waals surface area contributed by atoms with E-state index in [1.54, 1.807) is 12.1 Å². The van der Waals surface area contributed by atoms with Crippen LogP contribution in [0.5, 0.6) is 5.75 Å². The predicted molar refractivity (Wildman–Crippen MR) is 112 cm³/mol. The summed E-state index contributed by atoms with van der Waals surface area (Å²) in [5.41, 5.74) is 4.11. The van der Waals surface area contributed by atoms with Gasteiger partial charge in [-0.25, -0.2) is 9.37 Å². The minimum Gasteiger partial charge on any atom is -0.488 e. The highest BCUT2D eigenvalue weighted by molar-refractivity contribution is 5.95. The van der Waals surface area contributed by atoms with E-state index in [0.717, 1.165) is 17.5 Å². The quantitative estimate of drug-likeness (QED) is 0.412. The lowest BCUT2D eigenvalue weighted by Crippen LogP contribution is -2.59. The number of rotatable bonds is 7. The zero-order valence-electron chi connectivity index (χ0n) is 17.6. The second kappa shape index (κ2) is 8.60. The number of aromatic nitrogens is 1. The fourth-order valence-corrected chi connectivity index (χ4v) is 3.80. The number of amides is 1. The number of pyridine rings is 1. The molecule has 2 aliphatic rings. The van der Waals surface area contributed by atoms with Gasteiger partial charge in [-0.05, 0) is 43.7 Å². The Labute approximate surface area is 179 Å². The molecule has 8 nitrogen and oxygen atoms in total. The SMILES string of the molecule is CCONCc1cc(N2CCOc3cc(C(=O)N4CC(C)(F)C4)cnc32)ccc1C=O. The molecule has 0 radical (unpaired) electrons. The average Bonchev–Trinajstić information content (AvgIpc) is 2.76. The number of carbonyl (C=O) groups is 2. The number of nitrogens with zero attached hydrogens (tertiary/aromatic N) is 3. The molecule has 0 aliphatic carbocycles. The van der Waals surface area contributed by atoms with E-state index in [2.05, 4.69) is 10.5 Å². The van der Waals surface area contributed by atoms with Crippen LogP contribution in [0.3, 0.4) is 0 Å². The number of fused-ring (bicyclic) bond motifs is 1. The summed E-state index contributed by atoms with van der Waals surface area (Å²) in [6.45, 7) is 5.40. The largest absolute Gasteiger partial charge is 0.488 e. The molecule has 2 aliphatic heterocycles. The van der Waals surface area contributed by atoms with Crippen molar-refractivity contribution in [2.75, 3.05) is 37.7 Å². The first-order valence-corrected chi connectivity index (χ1v) is 10.2. The van der Waals surface area contributed by atoms with Gasteiger partial charge in [0.2, 0.25) is 0 Å².